The molecule has 0 saturated heterocycles. The lowest BCUT2D eigenvalue weighted by Gasteiger charge is -2.07. The molecule has 0 saturated carbocycles. The highest BCUT2D eigenvalue weighted by Gasteiger charge is 1.94. The third kappa shape index (κ3) is 7.69. The Morgan fingerprint density at radius 3 is 2.56 bits per heavy atom. The van der Waals surface area contributed by atoms with E-state index in [0.717, 1.165) is 29.9 Å². The van der Waals surface area contributed by atoms with Crippen LogP contribution in [-0.4, -0.2) is 32.9 Å². The van der Waals surface area contributed by atoms with Gasteiger partial charge in [-0.15, -0.1) is 0 Å². The second-order valence-corrected chi connectivity index (χ2v) is 4.93. The smallest absolute Gasteiger partial charge is 0.119 e. The number of rotatable bonds is 10. The van der Waals surface area contributed by atoms with Crippen LogP contribution < -0.4 is 10.1 Å². The fraction of sp³-hybridized carbons (Fsp3) is 0.571. The third-order valence-electron chi connectivity index (χ3n) is 2.44. The molecule has 0 aromatic heterocycles. The van der Waals surface area contributed by atoms with Crippen LogP contribution in [0.3, 0.4) is 0 Å². The first kappa shape index (κ1) is 15.5. The van der Waals surface area contributed by atoms with Gasteiger partial charge in [0, 0.05) is 11.0 Å². The zero-order chi connectivity index (χ0) is 13.1. The van der Waals surface area contributed by atoms with Crippen LogP contribution in [0.2, 0.25) is 0 Å². The molecule has 0 bridgehead atoms. The molecule has 0 unspecified atom stereocenters. The van der Waals surface area contributed by atoms with Crippen molar-refractivity contribution < 1.29 is 9.47 Å². The molecular formula is C14H22BrNO2. The van der Waals surface area contributed by atoms with Crippen molar-refractivity contribution in [1.29, 1.82) is 0 Å². The predicted molar refractivity (Wildman–Crippen MR) is 78.2 cm³/mol. The van der Waals surface area contributed by atoms with Gasteiger partial charge in [0.1, 0.15) is 12.4 Å². The highest BCUT2D eigenvalue weighted by molar-refractivity contribution is 9.10. The number of nitrogens with one attached hydrogen (secondary N) is 1. The lowest BCUT2D eigenvalue weighted by atomic mass is 10.3. The molecule has 102 valence electrons. The summed E-state index contributed by atoms with van der Waals surface area (Å²) in [5.74, 6) is 0.878. The minimum Gasteiger partial charge on any atom is -0.491 e. The van der Waals surface area contributed by atoms with Crippen molar-refractivity contribution in [2.24, 2.45) is 0 Å². The minimum atomic E-state index is 0.594. The van der Waals surface area contributed by atoms with Crippen LogP contribution in [-0.2, 0) is 4.74 Å². The van der Waals surface area contributed by atoms with Crippen LogP contribution in [0.1, 0.15) is 19.8 Å². The van der Waals surface area contributed by atoms with Gasteiger partial charge in [-0.2, -0.15) is 0 Å². The molecule has 0 aliphatic carbocycles. The molecule has 0 spiro atoms. The van der Waals surface area contributed by atoms with Crippen molar-refractivity contribution in [1.82, 2.24) is 5.32 Å². The lowest BCUT2D eigenvalue weighted by molar-refractivity contribution is 0.102. The molecule has 4 heteroatoms. The van der Waals surface area contributed by atoms with Crippen LogP contribution in [0.25, 0.3) is 0 Å². The van der Waals surface area contributed by atoms with Crippen molar-refractivity contribution in [3.8, 4) is 5.75 Å². The maximum atomic E-state index is 5.54. The van der Waals surface area contributed by atoms with E-state index in [9.17, 15) is 0 Å². The Labute approximate surface area is 118 Å². The van der Waals surface area contributed by atoms with E-state index < -0.39 is 0 Å². The molecular weight excluding hydrogens is 294 g/mol. The Hall–Kier alpha value is -0.580. The van der Waals surface area contributed by atoms with E-state index in [1.807, 2.05) is 24.3 Å². The normalized spacial score (nSPS) is 10.6. The van der Waals surface area contributed by atoms with Crippen molar-refractivity contribution in [2.45, 2.75) is 19.8 Å². The fourth-order valence-corrected chi connectivity index (χ4v) is 1.69. The molecule has 1 aromatic rings. The van der Waals surface area contributed by atoms with Crippen LogP contribution in [0.4, 0.5) is 0 Å². The molecule has 1 rings (SSSR count). The molecule has 0 heterocycles. The molecule has 0 aliphatic heterocycles. The Balaban J connectivity index is 1.91. The van der Waals surface area contributed by atoms with E-state index in [-0.39, 0.29) is 0 Å². The summed E-state index contributed by atoms with van der Waals surface area (Å²) in [6, 6.07) is 7.81. The van der Waals surface area contributed by atoms with Crippen LogP contribution in [0.5, 0.6) is 5.75 Å². The number of hydrogen-bond donors (Lipinski definition) is 1. The lowest BCUT2D eigenvalue weighted by Crippen LogP contribution is -2.21. The van der Waals surface area contributed by atoms with E-state index in [4.69, 9.17) is 9.47 Å². The van der Waals surface area contributed by atoms with Crippen LogP contribution in [0.15, 0.2) is 28.7 Å². The highest BCUT2D eigenvalue weighted by Crippen LogP contribution is 2.15. The summed E-state index contributed by atoms with van der Waals surface area (Å²) >= 11 is 3.39. The van der Waals surface area contributed by atoms with Crippen LogP contribution >= 0.6 is 15.9 Å². The molecule has 3 nitrogen and oxygen atoms in total. The summed E-state index contributed by atoms with van der Waals surface area (Å²) in [4.78, 5) is 0. The first-order chi connectivity index (χ1) is 8.83. The van der Waals surface area contributed by atoms with E-state index in [1.165, 1.54) is 12.8 Å². The zero-order valence-electron chi connectivity index (χ0n) is 11.0. The minimum absolute atomic E-state index is 0.594. The van der Waals surface area contributed by atoms with Gasteiger partial charge in [0.25, 0.3) is 0 Å². The second-order valence-electron chi connectivity index (χ2n) is 4.02. The maximum absolute atomic E-state index is 5.54. The predicted octanol–water partition coefficient (Wildman–Crippen LogP) is 3.23. The van der Waals surface area contributed by atoms with Gasteiger partial charge in [0.2, 0.25) is 0 Å². The van der Waals surface area contributed by atoms with Gasteiger partial charge in [-0.3, -0.25) is 0 Å². The summed E-state index contributed by atoms with van der Waals surface area (Å²) in [6.07, 6.45) is 2.46. The molecule has 1 N–H and O–H groups in total. The van der Waals surface area contributed by atoms with Crippen molar-refractivity contribution >= 4 is 15.9 Å². The zero-order valence-corrected chi connectivity index (χ0v) is 12.5. The summed E-state index contributed by atoms with van der Waals surface area (Å²) in [5, 5.41) is 3.33. The largest absolute Gasteiger partial charge is 0.491 e. The first-order valence-electron chi connectivity index (χ1n) is 6.49. The quantitative estimate of drug-likeness (QED) is 0.672. The molecule has 0 aliphatic rings. The van der Waals surface area contributed by atoms with Gasteiger partial charge in [0.05, 0.1) is 13.2 Å². The highest BCUT2D eigenvalue weighted by atomic mass is 79.9. The Morgan fingerprint density at radius 2 is 1.83 bits per heavy atom. The molecule has 0 radical (unpaired) electrons. The Morgan fingerprint density at radius 1 is 1.06 bits per heavy atom. The van der Waals surface area contributed by atoms with Gasteiger partial charge in [-0.25, -0.2) is 0 Å². The fourth-order valence-electron chi connectivity index (χ4n) is 1.42. The molecule has 18 heavy (non-hydrogen) atoms. The van der Waals surface area contributed by atoms with Crippen LogP contribution in [0, 0.1) is 0 Å². The Bertz CT molecular complexity index is 303. The molecule has 1 aromatic carbocycles. The van der Waals surface area contributed by atoms with Gasteiger partial charge < -0.3 is 14.8 Å². The van der Waals surface area contributed by atoms with Gasteiger partial charge >= 0.3 is 0 Å². The van der Waals surface area contributed by atoms with Gasteiger partial charge in [0.15, 0.2) is 0 Å². The number of ether oxygens (including phenoxy) is 2. The monoisotopic (exact) mass is 315 g/mol. The topological polar surface area (TPSA) is 30.5 Å². The van der Waals surface area contributed by atoms with E-state index in [1.54, 1.807) is 0 Å². The first-order valence-corrected chi connectivity index (χ1v) is 7.29. The summed E-state index contributed by atoms with van der Waals surface area (Å²) in [5.41, 5.74) is 0. The van der Waals surface area contributed by atoms with Crippen molar-refractivity contribution in [2.75, 3.05) is 32.9 Å². The maximum Gasteiger partial charge on any atom is 0.119 e. The number of unbranched alkanes of at least 4 members (excludes halogenated alkanes) is 1. The Kier molecular flexibility index (Phi) is 8.90. The molecule has 0 atom stereocenters. The number of halogens is 1. The second kappa shape index (κ2) is 10.4. The van der Waals surface area contributed by atoms with E-state index >= 15 is 0 Å². The van der Waals surface area contributed by atoms with E-state index in [2.05, 4.69) is 28.2 Å². The van der Waals surface area contributed by atoms with E-state index in [0.29, 0.717) is 13.2 Å². The summed E-state index contributed by atoms with van der Waals surface area (Å²) < 4.78 is 12.1. The average molecular weight is 316 g/mol. The number of benzene rings is 1. The summed E-state index contributed by atoms with van der Waals surface area (Å²) in [6.45, 7) is 6.15. The molecule has 0 amide bonds. The van der Waals surface area contributed by atoms with Crippen molar-refractivity contribution in [3.05, 3.63) is 28.7 Å². The average Bonchev–Trinajstić information content (AvgIpc) is 2.39. The standard InChI is InChI=1S/C14H22BrNO2/c1-2-3-8-16-9-10-17-11-12-18-14-6-4-13(15)5-7-14/h4-7,16H,2-3,8-12H2,1H3. The third-order valence-corrected chi connectivity index (χ3v) is 2.97. The number of hydrogen-bond acceptors (Lipinski definition) is 3. The SMILES string of the molecule is CCCCNCCOCCOc1ccc(Br)cc1. The molecule has 0 fully saturated rings. The van der Waals surface area contributed by atoms with Gasteiger partial charge in [-0.05, 0) is 37.2 Å². The summed E-state index contributed by atoms with van der Waals surface area (Å²) in [7, 11) is 0. The van der Waals surface area contributed by atoms with Crippen molar-refractivity contribution in [3.63, 3.8) is 0 Å². The van der Waals surface area contributed by atoms with Gasteiger partial charge in [-0.1, -0.05) is 29.3 Å².